The highest BCUT2D eigenvalue weighted by Crippen LogP contribution is 2.42. The van der Waals surface area contributed by atoms with Crippen LogP contribution in [0.5, 0.6) is 0 Å². The van der Waals surface area contributed by atoms with Crippen molar-refractivity contribution in [1.82, 2.24) is 0 Å². The molecule has 2 aromatic heterocycles. The number of nitrogens with zero attached hydrogens (tertiary/aromatic N) is 1. The van der Waals surface area contributed by atoms with Crippen LogP contribution < -0.4 is 10.2 Å². The highest BCUT2D eigenvalue weighted by atomic mass is 32.1. The van der Waals surface area contributed by atoms with Gasteiger partial charge < -0.3 is 14.6 Å². The Morgan fingerprint density at radius 2 is 1.04 bits per heavy atom. The van der Waals surface area contributed by atoms with E-state index in [4.69, 9.17) is 4.42 Å². The first-order valence-corrected chi connectivity index (χ1v) is 18.3. The third-order valence-electron chi connectivity index (χ3n) is 9.85. The highest BCUT2D eigenvalue weighted by molar-refractivity contribution is 7.25. The fraction of sp³-hybridized carbons (Fsp3) is 0. The average molecular weight is 685 g/mol. The summed E-state index contributed by atoms with van der Waals surface area (Å²) in [4.78, 5) is 2.32. The fourth-order valence-corrected chi connectivity index (χ4v) is 8.43. The third-order valence-corrected chi connectivity index (χ3v) is 11.0. The number of furan rings is 1. The molecule has 0 bridgehead atoms. The van der Waals surface area contributed by atoms with E-state index in [0.29, 0.717) is 0 Å². The first kappa shape index (κ1) is 30.2. The maximum absolute atomic E-state index is 6.28. The molecule has 10 rings (SSSR count). The predicted octanol–water partition coefficient (Wildman–Crippen LogP) is 14.5. The largest absolute Gasteiger partial charge is 0.455 e. The molecule has 10 aromatic rings. The number of benzene rings is 8. The van der Waals surface area contributed by atoms with Gasteiger partial charge in [-0.25, -0.2) is 0 Å². The minimum atomic E-state index is 0.916. The van der Waals surface area contributed by atoms with Crippen molar-refractivity contribution in [2.45, 2.75) is 0 Å². The molecule has 3 nitrogen and oxygen atoms in total. The minimum Gasteiger partial charge on any atom is -0.455 e. The van der Waals surface area contributed by atoms with E-state index >= 15 is 0 Å². The van der Waals surface area contributed by atoms with Crippen LogP contribution in [0.2, 0.25) is 0 Å². The molecule has 2 heterocycles. The van der Waals surface area contributed by atoms with Gasteiger partial charge in [-0.2, -0.15) is 0 Å². The Labute approximate surface area is 305 Å². The summed E-state index contributed by atoms with van der Waals surface area (Å²) in [6, 6.07) is 66.7. The highest BCUT2D eigenvalue weighted by Gasteiger charge is 2.15. The Morgan fingerprint density at radius 3 is 1.77 bits per heavy atom. The van der Waals surface area contributed by atoms with Gasteiger partial charge in [0.2, 0.25) is 0 Å². The van der Waals surface area contributed by atoms with Crippen molar-refractivity contribution in [1.29, 1.82) is 0 Å². The molecule has 0 amide bonds. The molecular formula is C48H32N2OS. The van der Waals surface area contributed by atoms with Gasteiger partial charge in [-0.15, -0.1) is 11.3 Å². The van der Waals surface area contributed by atoms with Crippen molar-refractivity contribution in [2.75, 3.05) is 10.2 Å². The van der Waals surface area contributed by atoms with Crippen LogP contribution >= 0.6 is 11.3 Å². The van der Waals surface area contributed by atoms with Crippen molar-refractivity contribution < 1.29 is 4.42 Å². The molecule has 8 aromatic carbocycles. The summed E-state index contributed by atoms with van der Waals surface area (Å²) in [6.07, 6.45) is 0. The summed E-state index contributed by atoms with van der Waals surface area (Å²) in [5, 5.41) is 8.44. The van der Waals surface area contributed by atoms with E-state index in [1.807, 2.05) is 23.5 Å². The molecule has 0 fully saturated rings. The van der Waals surface area contributed by atoms with Gasteiger partial charge in [0, 0.05) is 64.9 Å². The molecule has 0 aliphatic heterocycles. The molecule has 0 spiro atoms. The zero-order valence-corrected chi connectivity index (χ0v) is 29.0. The normalized spacial score (nSPS) is 11.5. The number of para-hydroxylation sites is 4. The number of fused-ring (bicyclic) bond motifs is 6. The smallest absolute Gasteiger partial charge is 0.143 e. The number of rotatable bonds is 7. The van der Waals surface area contributed by atoms with E-state index in [-0.39, 0.29) is 0 Å². The summed E-state index contributed by atoms with van der Waals surface area (Å²) in [6.45, 7) is 0. The van der Waals surface area contributed by atoms with Crippen molar-refractivity contribution in [3.63, 3.8) is 0 Å². The fourth-order valence-electron chi connectivity index (χ4n) is 7.31. The topological polar surface area (TPSA) is 28.4 Å². The second kappa shape index (κ2) is 12.6. The molecule has 0 saturated heterocycles. The maximum Gasteiger partial charge on any atom is 0.143 e. The third kappa shape index (κ3) is 5.38. The summed E-state index contributed by atoms with van der Waals surface area (Å²) in [7, 11) is 0. The quantitative estimate of drug-likeness (QED) is 0.181. The van der Waals surface area contributed by atoms with Crippen LogP contribution in [0.25, 0.3) is 64.4 Å². The monoisotopic (exact) mass is 684 g/mol. The predicted molar refractivity (Wildman–Crippen MR) is 222 cm³/mol. The number of nitrogens with one attached hydrogen (secondary N) is 1. The number of hydrogen-bond acceptors (Lipinski definition) is 4. The molecule has 0 saturated carbocycles. The molecule has 1 N–H and O–H groups in total. The number of hydrogen-bond donors (Lipinski definition) is 1. The molecule has 52 heavy (non-hydrogen) atoms. The van der Waals surface area contributed by atoms with E-state index in [1.54, 1.807) is 0 Å². The summed E-state index contributed by atoms with van der Waals surface area (Å²) >= 11 is 1.85. The lowest BCUT2D eigenvalue weighted by Crippen LogP contribution is -2.09. The second-order valence-corrected chi connectivity index (χ2v) is 14.1. The first-order valence-electron chi connectivity index (χ1n) is 17.5. The standard InChI is InChI=1S/C48H32N2OS/c1-3-10-37(11-4-1)50(38-12-5-2-6-13-38)39-27-28-42-44-30-34(22-29-46(44)52-47(42)31-39)32-18-23-35(24-19-32)49-36-25-20-33(21-26-36)40-15-9-16-43-41-14-7-8-17-45(41)51-48(40)43/h1-31,49H. The number of anilines is 5. The van der Waals surface area contributed by atoms with E-state index in [1.165, 1.54) is 31.3 Å². The lowest BCUT2D eigenvalue weighted by atomic mass is 10.0. The van der Waals surface area contributed by atoms with Gasteiger partial charge in [0.25, 0.3) is 0 Å². The molecule has 0 aliphatic carbocycles. The summed E-state index contributed by atoms with van der Waals surface area (Å²) in [5.41, 5.74) is 12.0. The van der Waals surface area contributed by atoms with Gasteiger partial charge in [0.1, 0.15) is 11.2 Å². The van der Waals surface area contributed by atoms with Gasteiger partial charge in [-0.05, 0) is 95.6 Å². The Bertz CT molecular complexity index is 2820. The van der Waals surface area contributed by atoms with Crippen LogP contribution in [-0.2, 0) is 0 Å². The van der Waals surface area contributed by atoms with Crippen LogP contribution in [-0.4, -0.2) is 0 Å². The van der Waals surface area contributed by atoms with Crippen molar-refractivity contribution in [3.8, 4) is 22.3 Å². The van der Waals surface area contributed by atoms with Crippen LogP contribution in [0.3, 0.4) is 0 Å². The first-order chi connectivity index (χ1) is 25.7. The summed E-state index contributed by atoms with van der Waals surface area (Å²) in [5.74, 6) is 0. The minimum absolute atomic E-state index is 0.916. The van der Waals surface area contributed by atoms with E-state index < -0.39 is 0 Å². The zero-order valence-electron chi connectivity index (χ0n) is 28.2. The van der Waals surface area contributed by atoms with E-state index in [0.717, 1.165) is 61.5 Å². The molecule has 0 aliphatic rings. The van der Waals surface area contributed by atoms with Gasteiger partial charge in [0.05, 0.1) is 0 Å². The lowest BCUT2D eigenvalue weighted by Gasteiger charge is -2.25. The Kier molecular flexibility index (Phi) is 7.33. The molecule has 4 heteroatoms. The molecular weight excluding hydrogens is 653 g/mol. The van der Waals surface area contributed by atoms with Crippen LogP contribution in [0, 0.1) is 0 Å². The summed E-state index contributed by atoms with van der Waals surface area (Å²) < 4.78 is 8.85. The Balaban J connectivity index is 0.902. The van der Waals surface area contributed by atoms with Crippen LogP contribution in [0.4, 0.5) is 28.4 Å². The average Bonchev–Trinajstić information content (AvgIpc) is 3.77. The van der Waals surface area contributed by atoms with Gasteiger partial charge in [0.15, 0.2) is 0 Å². The molecule has 0 atom stereocenters. The second-order valence-electron chi connectivity index (χ2n) is 13.1. The maximum atomic E-state index is 6.28. The van der Waals surface area contributed by atoms with Gasteiger partial charge in [-0.1, -0.05) is 109 Å². The van der Waals surface area contributed by atoms with Gasteiger partial charge >= 0.3 is 0 Å². The van der Waals surface area contributed by atoms with Crippen LogP contribution in [0.1, 0.15) is 0 Å². The molecule has 0 radical (unpaired) electrons. The van der Waals surface area contributed by atoms with Crippen molar-refractivity contribution >= 4 is 81.9 Å². The van der Waals surface area contributed by atoms with Crippen molar-refractivity contribution in [2.24, 2.45) is 0 Å². The van der Waals surface area contributed by atoms with Gasteiger partial charge in [-0.3, -0.25) is 0 Å². The van der Waals surface area contributed by atoms with Crippen LogP contribution in [0.15, 0.2) is 192 Å². The van der Waals surface area contributed by atoms with E-state index in [2.05, 4.69) is 186 Å². The Hall–Kier alpha value is -6.62. The van der Waals surface area contributed by atoms with Crippen molar-refractivity contribution in [3.05, 3.63) is 188 Å². The Morgan fingerprint density at radius 1 is 0.404 bits per heavy atom. The molecule has 0 unspecified atom stereocenters. The molecule has 246 valence electrons. The zero-order chi connectivity index (χ0) is 34.4. The lowest BCUT2D eigenvalue weighted by molar-refractivity contribution is 0.670. The van der Waals surface area contributed by atoms with E-state index in [9.17, 15) is 0 Å². The number of thiophene rings is 1. The SMILES string of the molecule is c1ccc(N(c2ccccc2)c2ccc3c(c2)sc2ccc(-c4ccc(Nc5ccc(-c6cccc7c6oc6ccccc67)cc5)cc4)cc23)cc1.